The number of aliphatic hydroxyl groups is 1. The van der Waals surface area contributed by atoms with Gasteiger partial charge in [-0.3, -0.25) is 0 Å². The molecule has 1 fully saturated rings. The Labute approximate surface area is 139 Å². The molecular weight excluding hydrogens is 335 g/mol. The van der Waals surface area contributed by atoms with Gasteiger partial charge in [0.1, 0.15) is 0 Å². The first-order valence-corrected chi connectivity index (χ1v) is 10.0. The van der Waals surface area contributed by atoms with Crippen LogP contribution in [0.5, 0.6) is 0 Å². The predicted octanol–water partition coefficient (Wildman–Crippen LogP) is 3.70. The molecule has 0 amide bonds. The van der Waals surface area contributed by atoms with Crippen molar-refractivity contribution in [3.8, 4) is 0 Å². The molecule has 116 valence electrons. The molecule has 0 heterocycles. The van der Waals surface area contributed by atoms with Gasteiger partial charge in [-0.25, -0.2) is 0 Å². The van der Waals surface area contributed by atoms with Crippen molar-refractivity contribution in [3.63, 3.8) is 0 Å². The van der Waals surface area contributed by atoms with Crippen LogP contribution in [0.1, 0.15) is 43.0 Å². The Balaban J connectivity index is 1.89. The minimum absolute atomic E-state index is 0.246. The van der Waals surface area contributed by atoms with E-state index in [1.165, 1.54) is 10.0 Å². The van der Waals surface area contributed by atoms with Crippen LogP contribution in [0.25, 0.3) is 0 Å². The van der Waals surface area contributed by atoms with Gasteiger partial charge in [-0.15, -0.1) is 0 Å². The Morgan fingerprint density at radius 2 is 1.50 bits per heavy atom. The fourth-order valence-corrected chi connectivity index (χ4v) is 6.08. The summed E-state index contributed by atoms with van der Waals surface area (Å²) in [5.41, 5.74) is 0.757. The van der Waals surface area contributed by atoms with Gasteiger partial charge in [0.15, 0.2) is 0 Å². The molecule has 0 aliphatic heterocycles. The van der Waals surface area contributed by atoms with Crippen LogP contribution < -0.4 is 4.46 Å². The fourth-order valence-electron chi connectivity index (χ4n) is 3.28. The molecule has 1 aliphatic rings. The SMILES string of the molecule is CC1CCC(O)([C@@H]([Se]c2ccccc2)c2ccccc2)CC1. The fraction of sp³-hybridized carbons (Fsp3) is 0.400. The third-order valence-corrected chi connectivity index (χ3v) is 7.86. The Morgan fingerprint density at radius 1 is 0.955 bits per heavy atom. The maximum absolute atomic E-state index is 11.4. The van der Waals surface area contributed by atoms with Gasteiger partial charge in [0, 0.05) is 0 Å². The summed E-state index contributed by atoms with van der Waals surface area (Å²) in [6, 6.07) is 21.3. The van der Waals surface area contributed by atoms with E-state index >= 15 is 0 Å². The predicted molar refractivity (Wildman–Crippen MR) is 93.6 cm³/mol. The van der Waals surface area contributed by atoms with Crippen LogP contribution in [0.4, 0.5) is 0 Å². The van der Waals surface area contributed by atoms with Gasteiger partial charge in [-0.2, -0.15) is 0 Å². The van der Waals surface area contributed by atoms with E-state index in [9.17, 15) is 5.11 Å². The molecule has 1 atom stereocenters. The molecule has 1 nitrogen and oxygen atoms in total. The van der Waals surface area contributed by atoms with Gasteiger partial charge in [0.05, 0.1) is 0 Å². The Bertz CT molecular complexity index is 573. The Hall–Kier alpha value is -1.08. The second-order valence-corrected chi connectivity index (χ2v) is 8.98. The average Bonchev–Trinajstić information content (AvgIpc) is 2.57. The van der Waals surface area contributed by atoms with Crippen LogP contribution in [0.3, 0.4) is 0 Å². The van der Waals surface area contributed by atoms with E-state index in [-0.39, 0.29) is 19.8 Å². The van der Waals surface area contributed by atoms with Crippen molar-refractivity contribution in [2.24, 2.45) is 5.92 Å². The second-order valence-electron chi connectivity index (χ2n) is 6.51. The van der Waals surface area contributed by atoms with E-state index in [0.717, 1.165) is 31.6 Å². The van der Waals surface area contributed by atoms with Crippen molar-refractivity contribution in [1.29, 1.82) is 0 Å². The summed E-state index contributed by atoms with van der Waals surface area (Å²) in [5.74, 6) is 0.751. The van der Waals surface area contributed by atoms with E-state index in [1.807, 2.05) is 0 Å². The molecule has 0 radical (unpaired) electrons. The van der Waals surface area contributed by atoms with Gasteiger partial charge < -0.3 is 0 Å². The van der Waals surface area contributed by atoms with Crippen LogP contribution in [0.2, 0.25) is 0 Å². The summed E-state index contributed by atoms with van der Waals surface area (Å²) in [7, 11) is 0. The van der Waals surface area contributed by atoms with E-state index in [0.29, 0.717) is 0 Å². The number of hydrogen-bond donors (Lipinski definition) is 1. The van der Waals surface area contributed by atoms with Gasteiger partial charge in [0.25, 0.3) is 0 Å². The number of benzene rings is 2. The molecule has 2 aromatic rings. The first-order chi connectivity index (χ1) is 10.7. The van der Waals surface area contributed by atoms with Crippen LogP contribution in [0.15, 0.2) is 60.7 Å². The van der Waals surface area contributed by atoms with Crippen molar-refractivity contribution in [2.45, 2.75) is 43.0 Å². The van der Waals surface area contributed by atoms with Gasteiger partial charge in [0.2, 0.25) is 0 Å². The average molecular weight is 359 g/mol. The van der Waals surface area contributed by atoms with E-state index in [2.05, 4.69) is 67.6 Å². The summed E-state index contributed by atoms with van der Waals surface area (Å²) in [6.07, 6.45) is 4.15. The molecule has 2 aromatic carbocycles. The van der Waals surface area contributed by atoms with Crippen molar-refractivity contribution in [2.75, 3.05) is 0 Å². The van der Waals surface area contributed by atoms with E-state index < -0.39 is 5.60 Å². The number of rotatable bonds is 4. The topological polar surface area (TPSA) is 20.2 Å². The van der Waals surface area contributed by atoms with Crippen LogP contribution in [0, 0.1) is 5.92 Å². The number of hydrogen-bond acceptors (Lipinski definition) is 1. The van der Waals surface area contributed by atoms with Gasteiger partial charge >= 0.3 is 140 Å². The molecule has 1 aliphatic carbocycles. The molecule has 0 aromatic heterocycles. The zero-order valence-corrected chi connectivity index (χ0v) is 14.8. The summed E-state index contributed by atoms with van der Waals surface area (Å²) < 4.78 is 1.37. The van der Waals surface area contributed by atoms with E-state index in [4.69, 9.17) is 0 Å². The quantitative estimate of drug-likeness (QED) is 0.826. The summed E-state index contributed by atoms with van der Waals surface area (Å²) >= 11 is 0.248. The molecule has 0 bridgehead atoms. The zero-order valence-electron chi connectivity index (χ0n) is 13.1. The van der Waals surface area contributed by atoms with E-state index in [1.54, 1.807) is 0 Å². The maximum atomic E-state index is 11.4. The Morgan fingerprint density at radius 3 is 2.09 bits per heavy atom. The van der Waals surface area contributed by atoms with Crippen molar-refractivity contribution in [1.82, 2.24) is 0 Å². The third kappa shape index (κ3) is 3.63. The molecule has 1 saturated carbocycles. The van der Waals surface area contributed by atoms with Crippen LogP contribution in [-0.4, -0.2) is 25.7 Å². The second kappa shape index (κ2) is 7.00. The molecule has 22 heavy (non-hydrogen) atoms. The van der Waals surface area contributed by atoms with Crippen LogP contribution >= 0.6 is 0 Å². The first-order valence-electron chi connectivity index (χ1n) is 8.16. The third-order valence-electron chi connectivity index (χ3n) is 4.73. The summed E-state index contributed by atoms with van der Waals surface area (Å²) in [5, 5.41) is 11.4. The van der Waals surface area contributed by atoms with Gasteiger partial charge in [-0.1, -0.05) is 0 Å². The zero-order chi connectivity index (χ0) is 15.4. The van der Waals surface area contributed by atoms with Gasteiger partial charge in [-0.05, 0) is 0 Å². The minimum atomic E-state index is -0.538. The summed E-state index contributed by atoms with van der Waals surface area (Å²) in [4.78, 5) is 0.246. The molecule has 0 spiro atoms. The Kier molecular flexibility index (Phi) is 5.03. The molecular formula is C20H24OSe. The molecule has 2 heteroatoms. The molecule has 0 saturated heterocycles. The normalized spacial score (nSPS) is 26.5. The first kappa shape index (κ1) is 15.8. The molecule has 3 rings (SSSR count). The molecule has 0 unspecified atom stereocenters. The standard InChI is InChI=1S/C20H24OSe/c1-16-12-14-20(21,15-13-16)19(17-8-4-2-5-9-17)22-18-10-6-3-7-11-18/h2-11,16,19,21H,12-15H2,1H3/t16?,19-,20?/m0/s1. The van der Waals surface area contributed by atoms with Crippen molar-refractivity contribution >= 4 is 19.4 Å². The van der Waals surface area contributed by atoms with Crippen LogP contribution in [-0.2, 0) is 0 Å². The van der Waals surface area contributed by atoms with Crippen molar-refractivity contribution < 1.29 is 5.11 Å². The summed E-state index contributed by atoms with van der Waals surface area (Å²) in [6.45, 7) is 2.31. The van der Waals surface area contributed by atoms with Crippen molar-refractivity contribution in [3.05, 3.63) is 66.2 Å². The monoisotopic (exact) mass is 360 g/mol. The molecule has 1 N–H and O–H groups in total.